The Kier molecular flexibility index (Phi) is 6.09. The number of anilines is 1. The molecule has 33 heavy (non-hydrogen) atoms. The molecule has 0 saturated carbocycles. The van der Waals surface area contributed by atoms with E-state index in [1.165, 1.54) is 0 Å². The van der Waals surface area contributed by atoms with Crippen molar-refractivity contribution in [2.75, 3.05) is 12.4 Å². The van der Waals surface area contributed by atoms with Crippen LogP contribution in [-0.4, -0.2) is 18.1 Å². The van der Waals surface area contributed by atoms with Crippen molar-refractivity contribution in [3.8, 4) is 5.75 Å². The van der Waals surface area contributed by atoms with E-state index in [1.807, 2.05) is 70.2 Å². The zero-order valence-electron chi connectivity index (χ0n) is 19.5. The van der Waals surface area contributed by atoms with Gasteiger partial charge in [-0.25, -0.2) is 4.79 Å². The van der Waals surface area contributed by atoms with Gasteiger partial charge in [-0.2, -0.15) is 0 Å². The Morgan fingerprint density at radius 1 is 1.00 bits per heavy atom. The Balaban J connectivity index is 1.82. The first-order chi connectivity index (χ1) is 15.8. The summed E-state index contributed by atoms with van der Waals surface area (Å²) in [6.07, 6.45) is 1.67. The minimum atomic E-state index is -0.633. The van der Waals surface area contributed by atoms with Gasteiger partial charge in [-0.1, -0.05) is 42.0 Å². The summed E-state index contributed by atoms with van der Waals surface area (Å²) in [5, 5.41) is 3.27. The molecule has 2 N–H and O–H groups in total. The number of aryl methyl sites for hydroxylation is 3. The Morgan fingerprint density at radius 3 is 2.39 bits per heavy atom. The molecule has 0 spiro atoms. The number of aromatic nitrogens is 1. The zero-order chi connectivity index (χ0) is 23.7. The summed E-state index contributed by atoms with van der Waals surface area (Å²) in [6, 6.07) is 13.6. The lowest BCUT2D eigenvalue weighted by Crippen LogP contribution is -2.30. The second kappa shape index (κ2) is 8.98. The van der Waals surface area contributed by atoms with Gasteiger partial charge in [0.05, 0.1) is 29.9 Å². The summed E-state index contributed by atoms with van der Waals surface area (Å²) in [5.41, 5.74) is 6.65. The number of carbonyl (C=O) groups excluding carboxylic acids is 1. The van der Waals surface area contributed by atoms with Crippen molar-refractivity contribution >= 4 is 11.7 Å². The molecule has 1 atom stereocenters. The number of aromatic amines is 1. The molecule has 6 nitrogen and oxygen atoms in total. The van der Waals surface area contributed by atoms with Crippen LogP contribution >= 0.6 is 0 Å². The molecule has 0 radical (unpaired) electrons. The largest absolute Gasteiger partial charge is 0.496 e. The number of carbonyl (C=O) groups is 1. The van der Waals surface area contributed by atoms with Crippen molar-refractivity contribution in [2.24, 2.45) is 0 Å². The maximum atomic E-state index is 13.4. The van der Waals surface area contributed by atoms with Crippen LogP contribution < -0.4 is 15.6 Å². The minimum Gasteiger partial charge on any atom is -0.496 e. The highest BCUT2D eigenvalue weighted by Crippen LogP contribution is 2.44. The lowest BCUT2D eigenvalue weighted by molar-refractivity contribution is -0.140. The number of hydrogen-bond donors (Lipinski definition) is 2. The fraction of sp³-hybridized carbons (Fsp3) is 0.259. The van der Waals surface area contributed by atoms with Crippen LogP contribution in [0.3, 0.4) is 0 Å². The average molecular weight is 445 g/mol. The SMILES string of the molecule is COc1cc(C)ccc1C1C(C(=O)OCc2ccc(C)cc2)=C(C)Nc2c(C)c[nH]c(=O)c21. The molecule has 2 aromatic carbocycles. The van der Waals surface area contributed by atoms with E-state index in [0.29, 0.717) is 28.3 Å². The first-order valence-electron chi connectivity index (χ1n) is 10.9. The number of benzene rings is 2. The number of hydrogen-bond acceptors (Lipinski definition) is 5. The third-order valence-electron chi connectivity index (χ3n) is 6.03. The Morgan fingerprint density at radius 2 is 1.70 bits per heavy atom. The van der Waals surface area contributed by atoms with Crippen LogP contribution in [0.25, 0.3) is 0 Å². The second-order valence-corrected chi connectivity index (χ2v) is 8.49. The van der Waals surface area contributed by atoms with E-state index in [0.717, 1.165) is 27.8 Å². The van der Waals surface area contributed by atoms with Crippen molar-refractivity contribution in [1.29, 1.82) is 0 Å². The summed E-state index contributed by atoms with van der Waals surface area (Å²) in [6.45, 7) is 7.87. The van der Waals surface area contributed by atoms with Gasteiger partial charge in [-0.15, -0.1) is 0 Å². The minimum absolute atomic E-state index is 0.144. The number of H-pyrrole nitrogens is 1. The number of nitrogens with one attached hydrogen (secondary N) is 2. The van der Waals surface area contributed by atoms with E-state index < -0.39 is 11.9 Å². The molecular formula is C27H28N2O4. The third-order valence-corrected chi connectivity index (χ3v) is 6.03. The van der Waals surface area contributed by atoms with Gasteiger partial charge in [0.25, 0.3) is 5.56 Å². The lowest BCUT2D eigenvalue weighted by Gasteiger charge is -2.31. The standard InChI is InChI=1S/C27H28N2O4/c1-15-6-9-19(10-7-15)14-33-27(31)22-18(4)29-25-17(3)13-28-26(30)24(25)23(22)20-11-8-16(2)12-21(20)32-5/h6-13,23,29H,14H2,1-5H3,(H,28,30). The first-order valence-corrected chi connectivity index (χ1v) is 10.9. The van der Waals surface area contributed by atoms with Crippen molar-refractivity contribution in [2.45, 2.75) is 40.2 Å². The number of rotatable bonds is 5. The van der Waals surface area contributed by atoms with E-state index in [9.17, 15) is 9.59 Å². The number of ether oxygens (including phenoxy) is 2. The van der Waals surface area contributed by atoms with Gasteiger partial charge in [-0.05, 0) is 50.5 Å². The molecule has 0 aliphatic carbocycles. The van der Waals surface area contributed by atoms with Crippen molar-refractivity contribution in [3.05, 3.63) is 104 Å². The Hall–Kier alpha value is -3.80. The maximum Gasteiger partial charge on any atom is 0.337 e. The number of allylic oxidation sites excluding steroid dienone is 1. The number of esters is 1. The van der Waals surface area contributed by atoms with Gasteiger partial charge in [0.15, 0.2) is 0 Å². The van der Waals surface area contributed by atoms with Crippen LogP contribution in [-0.2, 0) is 16.1 Å². The molecule has 2 heterocycles. The third kappa shape index (κ3) is 4.29. The normalized spacial score (nSPS) is 15.0. The number of fused-ring (bicyclic) bond motifs is 1. The second-order valence-electron chi connectivity index (χ2n) is 8.49. The van der Waals surface area contributed by atoms with Crippen LogP contribution in [0.15, 0.2) is 64.7 Å². The molecule has 0 amide bonds. The van der Waals surface area contributed by atoms with Gasteiger partial charge in [0, 0.05) is 17.5 Å². The quantitative estimate of drug-likeness (QED) is 0.548. The topological polar surface area (TPSA) is 80.4 Å². The lowest BCUT2D eigenvalue weighted by atomic mass is 9.80. The monoisotopic (exact) mass is 444 g/mol. The van der Waals surface area contributed by atoms with Gasteiger partial charge in [0.2, 0.25) is 0 Å². The van der Waals surface area contributed by atoms with Crippen LogP contribution in [0.5, 0.6) is 5.75 Å². The van der Waals surface area contributed by atoms with E-state index in [2.05, 4.69) is 10.3 Å². The molecule has 3 aromatic rings. The summed E-state index contributed by atoms with van der Waals surface area (Å²) in [7, 11) is 1.59. The highest BCUT2D eigenvalue weighted by molar-refractivity contribution is 5.95. The van der Waals surface area contributed by atoms with Gasteiger partial charge >= 0.3 is 5.97 Å². The van der Waals surface area contributed by atoms with Gasteiger partial charge < -0.3 is 19.8 Å². The van der Waals surface area contributed by atoms with E-state index in [-0.39, 0.29) is 12.2 Å². The van der Waals surface area contributed by atoms with Crippen molar-refractivity contribution < 1.29 is 14.3 Å². The van der Waals surface area contributed by atoms with Crippen molar-refractivity contribution in [1.82, 2.24) is 4.98 Å². The molecule has 0 fully saturated rings. The summed E-state index contributed by atoms with van der Waals surface area (Å²) >= 11 is 0. The fourth-order valence-electron chi connectivity index (χ4n) is 4.26. The fourth-order valence-corrected chi connectivity index (χ4v) is 4.26. The smallest absolute Gasteiger partial charge is 0.337 e. The van der Waals surface area contributed by atoms with E-state index in [4.69, 9.17) is 9.47 Å². The summed E-state index contributed by atoms with van der Waals surface area (Å²) in [4.78, 5) is 29.3. The van der Waals surface area contributed by atoms with E-state index >= 15 is 0 Å². The zero-order valence-corrected chi connectivity index (χ0v) is 19.5. The highest BCUT2D eigenvalue weighted by Gasteiger charge is 2.37. The number of pyridine rings is 1. The molecular weight excluding hydrogens is 416 g/mol. The predicted octanol–water partition coefficient (Wildman–Crippen LogP) is 4.88. The molecule has 170 valence electrons. The van der Waals surface area contributed by atoms with Crippen LogP contribution in [0.2, 0.25) is 0 Å². The molecule has 1 aliphatic rings. The summed E-state index contributed by atoms with van der Waals surface area (Å²) in [5.74, 6) is -0.490. The van der Waals surface area contributed by atoms with E-state index in [1.54, 1.807) is 13.3 Å². The predicted molar refractivity (Wildman–Crippen MR) is 129 cm³/mol. The highest BCUT2D eigenvalue weighted by atomic mass is 16.5. The average Bonchev–Trinajstić information content (AvgIpc) is 2.80. The van der Waals surface area contributed by atoms with Gasteiger partial charge in [0.1, 0.15) is 12.4 Å². The number of methoxy groups -OCH3 is 1. The molecule has 0 saturated heterocycles. The van der Waals surface area contributed by atoms with Crippen molar-refractivity contribution in [3.63, 3.8) is 0 Å². The molecule has 0 bridgehead atoms. The Labute approximate surface area is 193 Å². The molecule has 6 heteroatoms. The van der Waals surface area contributed by atoms with Crippen LogP contribution in [0.4, 0.5) is 5.69 Å². The first kappa shape index (κ1) is 22.4. The molecule has 1 aromatic heterocycles. The maximum absolute atomic E-state index is 13.4. The van der Waals surface area contributed by atoms with Crippen LogP contribution in [0, 0.1) is 20.8 Å². The molecule has 4 rings (SSSR count). The Bertz CT molecular complexity index is 1300. The molecule has 1 unspecified atom stereocenters. The van der Waals surface area contributed by atoms with Gasteiger partial charge in [-0.3, -0.25) is 4.79 Å². The van der Waals surface area contributed by atoms with Crippen LogP contribution in [0.1, 0.15) is 46.2 Å². The molecule has 1 aliphatic heterocycles. The summed E-state index contributed by atoms with van der Waals surface area (Å²) < 4.78 is 11.4.